The van der Waals surface area contributed by atoms with Crippen LogP contribution < -0.4 is 5.32 Å². The Bertz CT molecular complexity index is 637. The Morgan fingerprint density at radius 3 is 2.65 bits per heavy atom. The van der Waals surface area contributed by atoms with Crippen molar-refractivity contribution in [2.45, 2.75) is 31.2 Å². The van der Waals surface area contributed by atoms with E-state index >= 15 is 0 Å². The molecule has 0 amide bonds. The van der Waals surface area contributed by atoms with Crippen LogP contribution in [0.3, 0.4) is 0 Å². The lowest BCUT2D eigenvalue weighted by atomic mass is 9.62. The normalized spacial score (nSPS) is 24.5. The van der Waals surface area contributed by atoms with Crippen molar-refractivity contribution in [1.29, 1.82) is 5.26 Å². The fourth-order valence-corrected chi connectivity index (χ4v) is 2.87. The van der Waals surface area contributed by atoms with Gasteiger partial charge in [0.1, 0.15) is 0 Å². The van der Waals surface area contributed by atoms with Gasteiger partial charge in [0.2, 0.25) is 0 Å². The maximum Gasteiger partial charge on any atom is 0.0861 e. The molecule has 0 bridgehead atoms. The van der Waals surface area contributed by atoms with Crippen molar-refractivity contribution in [3.05, 3.63) is 59.9 Å². The highest BCUT2D eigenvalue weighted by molar-refractivity contribution is 5.51. The van der Waals surface area contributed by atoms with E-state index in [9.17, 15) is 5.26 Å². The zero-order valence-electron chi connectivity index (χ0n) is 11.5. The molecule has 2 aromatic rings. The van der Waals surface area contributed by atoms with Crippen LogP contribution in [0.1, 0.15) is 24.0 Å². The zero-order valence-corrected chi connectivity index (χ0v) is 11.5. The Hall–Kier alpha value is -2.34. The van der Waals surface area contributed by atoms with Gasteiger partial charge in [-0.3, -0.25) is 4.98 Å². The van der Waals surface area contributed by atoms with E-state index in [1.807, 2.05) is 30.5 Å². The molecule has 1 fully saturated rings. The lowest BCUT2D eigenvalue weighted by Gasteiger charge is -2.43. The number of benzene rings is 1. The summed E-state index contributed by atoms with van der Waals surface area (Å²) >= 11 is 0. The Morgan fingerprint density at radius 2 is 2.00 bits per heavy atom. The summed E-state index contributed by atoms with van der Waals surface area (Å²) in [6, 6.07) is 14.9. The van der Waals surface area contributed by atoms with E-state index in [2.05, 4.69) is 35.4 Å². The standard InChI is InChI=1S/C17H17N3/c1-13-7-8-19-11-16(13)20-15-9-17(10-15,12-18)14-5-3-2-4-6-14/h2-8,11,15,20H,9-10H2,1H3. The molecule has 0 spiro atoms. The summed E-state index contributed by atoms with van der Waals surface area (Å²) in [5, 5.41) is 13.0. The van der Waals surface area contributed by atoms with Gasteiger partial charge in [-0.2, -0.15) is 5.26 Å². The molecule has 3 rings (SSSR count). The summed E-state index contributed by atoms with van der Waals surface area (Å²) in [6.45, 7) is 2.07. The van der Waals surface area contributed by atoms with Gasteiger partial charge in [0.25, 0.3) is 0 Å². The van der Waals surface area contributed by atoms with Gasteiger partial charge < -0.3 is 5.32 Å². The Morgan fingerprint density at radius 1 is 1.25 bits per heavy atom. The van der Waals surface area contributed by atoms with Crippen molar-refractivity contribution in [1.82, 2.24) is 4.98 Å². The van der Waals surface area contributed by atoms with Crippen molar-refractivity contribution < 1.29 is 0 Å². The SMILES string of the molecule is Cc1ccncc1NC1CC(C#N)(c2ccccc2)C1. The summed E-state index contributed by atoms with van der Waals surface area (Å²) in [5.74, 6) is 0. The number of aryl methyl sites for hydroxylation is 1. The van der Waals surface area contributed by atoms with Gasteiger partial charge >= 0.3 is 0 Å². The second-order valence-electron chi connectivity index (χ2n) is 5.50. The summed E-state index contributed by atoms with van der Waals surface area (Å²) in [7, 11) is 0. The molecular weight excluding hydrogens is 246 g/mol. The van der Waals surface area contributed by atoms with E-state index < -0.39 is 0 Å². The Balaban J connectivity index is 1.72. The van der Waals surface area contributed by atoms with Gasteiger partial charge in [-0.1, -0.05) is 30.3 Å². The van der Waals surface area contributed by atoms with Crippen LogP contribution in [0.5, 0.6) is 0 Å². The fourth-order valence-electron chi connectivity index (χ4n) is 2.87. The third kappa shape index (κ3) is 2.14. The molecule has 1 aliphatic rings. The zero-order chi connectivity index (χ0) is 14.0. The van der Waals surface area contributed by atoms with Crippen molar-refractivity contribution in [3.8, 4) is 6.07 Å². The lowest BCUT2D eigenvalue weighted by molar-refractivity contribution is 0.289. The molecule has 3 heteroatoms. The number of pyridine rings is 1. The number of nitriles is 1. The molecule has 3 nitrogen and oxygen atoms in total. The first kappa shape index (κ1) is 12.7. The van der Waals surface area contributed by atoms with Crippen LogP contribution in [-0.2, 0) is 5.41 Å². The minimum Gasteiger partial charge on any atom is -0.381 e. The number of aromatic nitrogens is 1. The van der Waals surface area contributed by atoms with Crippen LogP contribution in [0.2, 0.25) is 0 Å². The monoisotopic (exact) mass is 263 g/mol. The van der Waals surface area contributed by atoms with E-state index in [0.29, 0.717) is 6.04 Å². The van der Waals surface area contributed by atoms with Gasteiger partial charge in [0.15, 0.2) is 0 Å². The molecule has 20 heavy (non-hydrogen) atoms. The van der Waals surface area contributed by atoms with E-state index in [1.54, 1.807) is 6.20 Å². The third-order valence-electron chi connectivity index (χ3n) is 4.13. The predicted octanol–water partition coefficient (Wildman–Crippen LogP) is 3.43. The maximum absolute atomic E-state index is 9.54. The number of nitrogens with zero attached hydrogens (tertiary/aromatic N) is 2. The molecule has 1 aliphatic carbocycles. The fraction of sp³-hybridized carbons (Fsp3) is 0.294. The molecule has 0 atom stereocenters. The molecule has 0 unspecified atom stereocenters. The van der Waals surface area contributed by atoms with E-state index in [1.165, 1.54) is 5.56 Å². The number of nitrogens with one attached hydrogen (secondary N) is 1. The molecule has 1 heterocycles. The van der Waals surface area contributed by atoms with Crippen LogP contribution in [-0.4, -0.2) is 11.0 Å². The van der Waals surface area contributed by atoms with E-state index in [4.69, 9.17) is 0 Å². The third-order valence-corrected chi connectivity index (χ3v) is 4.13. The molecule has 1 N–H and O–H groups in total. The molecule has 0 radical (unpaired) electrons. The summed E-state index contributed by atoms with van der Waals surface area (Å²) in [4.78, 5) is 4.14. The first-order valence-electron chi connectivity index (χ1n) is 6.87. The largest absolute Gasteiger partial charge is 0.381 e. The van der Waals surface area contributed by atoms with Crippen LogP contribution in [0.4, 0.5) is 5.69 Å². The van der Waals surface area contributed by atoms with E-state index in [0.717, 1.165) is 24.1 Å². The van der Waals surface area contributed by atoms with Crippen LogP contribution >= 0.6 is 0 Å². The summed E-state index contributed by atoms with van der Waals surface area (Å²) in [5.41, 5.74) is 3.06. The maximum atomic E-state index is 9.54. The van der Waals surface area contributed by atoms with Crippen molar-refractivity contribution in [3.63, 3.8) is 0 Å². The molecule has 100 valence electrons. The highest BCUT2D eigenvalue weighted by atomic mass is 15.0. The van der Waals surface area contributed by atoms with E-state index in [-0.39, 0.29) is 5.41 Å². The first-order chi connectivity index (χ1) is 9.73. The van der Waals surface area contributed by atoms with Gasteiger partial charge in [-0.05, 0) is 37.0 Å². The minimum atomic E-state index is -0.324. The average molecular weight is 263 g/mol. The highest BCUT2D eigenvalue weighted by Gasteiger charge is 2.46. The van der Waals surface area contributed by atoms with Crippen LogP contribution in [0.25, 0.3) is 0 Å². The average Bonchev–Trinajstić information content (AvgIpc) is 2.45. The molecular formula is C17H17N3. The van der Waals surface area contributed by atoms with Crippen molar-refractivity contribution >= 4 is 5.69 Å². The summed E-state index contributed by atoms with van der Waals surface area (Å²) in [6.07, 6.45) is 5.35. The number of hydrogen-bond acceptors (Lipinski definition) is 3. The van der Waals surface area contributed by atoms with Gasteiger partial charge in [-0.25, -0.2) is 0 Å². The minimum absolute atomic E-state index is 0.324. The van der Waals surface area contributed by atoms with Gasteiger partial charge in [0.05, 0.1) is 23.4 Å². The van der Waals surface area contributed by atoms with Crippen molar-refractivity contribution in [2.75, 3.05) is 5.32 Å². The van der Waals surface area contributed by atoms with Gasteiger partial charge in [-0.15, -0.1) is 0 Å². The second kappa shape index (κ2) is 4.97. The van der Waals surface area contributed by atoms with Crippen LogP contribution in [0, 0.1) is 18.3 Å². The number of rotatable bonds is 3. The molecule has 1 aromatic heterocycles. The molecule has 0 aliphatic heterocycles. The Labute approximate surface area is 119 Å². The quantitative estimate of drug-likeness (QED) is 0.923. The highest BCUT2D eigenvalue weighted by Crippen LogP contribution is 2.44. The predicted molar refractivity (Wildman–Crippen MR) is 79.4 cm³/mol. The molecule has 1 aromatic carbocycles. The first-order valence-corrected chi connectivity index (χ1v) is 6.87. The summed E-state index contributed by atoms with van der Waals surface area (Å²) < 4.78 is 0. The van der Waals surface area contributed by atoms with Gasteiger partial charge in [0, 0.05) is 12.2 Å². The Kier molecular flexibility index (Phi) is 3.15. The molecule has 1 saturated carbocycles. The topological polar surface area (TPSA) is 48.7 Å². The smallest absolute Gasteiger partial charge is 0.0861 e. The lowest BCUT2D eigenvalue weighted by Crippen LogP contribution is -2.47. The second-order valence-corrected chi connectivity index (χ2v) is 5.50. The molecule has 0 saturated heterocycles. The van der Waals surface area contributed by atoms with Crippen molar-refractivity contribution in [2.24, 2.45) is 0 Å². The number of anilines is 1. The number of hydrogen-bond donors (Lipinski definition) is 1. The van der Waals surface area contributed by atoms with Crippen LogP contribution in [0.15, 0.2) is 48.8 Å².